The predicted molar refractivity (Wildman–Crippen MR) is 95.7 cm³/mol. The van der Waals surface area contributed by atoms with E-state index < -0.39 is 5.60 Å². The lowest BCUT2D eigenvalue weighted by Gasteiger charge is -2.35. The first-order valence-corrected chi connectivity index (χ1v) is 9.27. The van der Waals surface area contributed by atoms with Gasteiger partial charge in [-0.2, -0.15) is 0 Å². The fourth-order valence-corrected chi connectivity index (χ4v) is 4.42. The lowest BCUT2D eigenvalue weighted by Crippen LogP contribution is -2.43. The van der Waals surface area contributed by atoms with E-state index in [1.165, 1.54) is 0 Å². The maximum absolute atomic E-state index is 12.8. The summed E-state index contributed by atoms with van der Waals surface area (Å²) in [6.07, 6.45) is 3.04. The second-order valence-electron chi connectivity index (χ2n) is 7.84. The van der Waals surface area contributed by atoms with Crippen molar-refractivity contribution in [1.29, 1.82) is 0 Å². The maximum Gasteiger partial charge on any atom is 0.411 e. The minimum atomic E-state index is -0.484. The van der Waals surface area contributed by atoms with Crippen LogP contribution in [0.15, 0.2) is 22.7 Å². The van der Waals surface area contributed by atoms with Crippen molar-refractivity contribution in [2.75, 3.05) is 0 Å². The second kappa shape index (κ2) is 5.48. The van der Waals surface area contributed by atoms with Crippen LogP contribution in [0.3, 0.4) is 0 Å². The first-order valence-electron chi connectivity index (χ1n) is 8.48. The molecular formula is C18H22BrN3O2. The Morgan fingerprint density at radius 3 is 2.92 bits per heavy atom. The molecule has 3 atom stereocenters. The average molecular weight is 392 g/mol. The highest BCUT2D eigenvalue weighted by atomic mass is 79.9. The molecule has 4 rings (SSSR count). The van der Waals surface area contributed by atoms with Gasteiger partial charge in [0, 0.05) is 10.5 Å². The van der Waals surface area contributed by atoms with Gasteiger partial charge in [-0.15, -0.1) is 0 Å². The highest BCUT2D eigenvalue weighted by Gasteiger charge is 2.51. The molecule has 0 radical (unpaired) electrons. The van der Waals surface area contributed by atoms with E-state index in [2.05, 4.69) is 20.9 Å². The zero-order chi connectivity index (χ0) is 17.1. The van der Waals surface area contributed by atoms with Crippen LogP contribution in [0.1, 0.15) is 51.9 Å². The van der Waals surface area contributed by atoms with Crippen LogP contribution in [0.4, 0.5) is 4.79 Å². The number of rotatable bonds is 1. The first kappa shape index (κ1) is 15.9. The number of benzene rings is 1. The summed E-state index contributed by atoms with van der Waals surface area (Å²) in [7, 11) is 0. The number of piperidine rings is 1. The Kier molecular flexibility index (Phi) is 3.64. The van der Waals surface area contributed by atoms with Crippen molar-refractivity contribution in [2.24, 2.45) is 5.92 Å². The largest absolute Gasteiger partial charge is 0.444 e. The third-order valence-electron chi connectivity index (χ3n) is 4.93. The van der Waals surface area contributed by atoms with Crippen LogP contribution in [-0.4, -0.2) is 32.6 Å². The molecule has 2 bridgehead atoms. The molecule has 2 aromatic rings. The van der Waals surface area contributed by atoms with Crippen molar-refractivity contribution in [2.45, 2.75) is 57.7 Å². The Labute approximate surface area is 149 Å². The van der Waals surface area contributed by atoms with Gasteiger partial charge in [0.1, 0.15) is 11.4 Å². The smallest absolute Gasteiger partial charge is 0.411 e. The van der Waals surface area contributed by atoms with Crippen LogP contribution in [0.2, 0.25) is 0 Å². The number of aromatic amines is 1. The van der Waals surface area contributed by atoms with E-state index in [0.29, 0.717) is 5.92 Å². The van der Waals surface area contributed by atoms with Crippen molar-refractivity contribution >= 4 is 33.1 Å². The number of nitrogens with zero attached hydrogens (tertiary/aromatic N) is 2. The van der Waals surface area contributed by atoms with Gasteiger partial charge in [0.2, 0.25) is 0 Å². The molecule has 1 saturated heterocycles. The summed E-state index contributed by atoms with van der Waals surface area (Å²) in [6.45, 7) is 5.73. The fraction of sp³-hybridized carbons (Fsp3) is 0.556. The molecule has 2 heterocycles. The molecule has 1 aromatic carbocycles. The zero-order valence-electron chi connectivity index (χ0n) is 14.2. The van der Waals surface area contributed by atoms with Gasteiger partial charge < -0.3 is 9.72 Å². The van der Waals surface area contributed by atoms with Gasteiger partial charge in [-0.05, 0) is 64.2 Å². The van der Waals surface area contributed by atoms with Crippen LogP contribution < -0.4 is 0 Å². The van der Waals surface area contributed by atoms with E-state index in [-0.39, 0.29) is 18.2 Å². The first-order chi connectivity index (χ1) is 11.3. The quantitative estimate of drug-likeness (QED) is 0.760. The van der Waals surface area contributed by atoms with Gasteiger partial charge in [-0.3, -0.25) is 4.90 Å². The molecule has 1 saturated carbocycles. The zero-order valence-corrected chi connectivity index (χ0v) is 15.8. The van der Waals surface area contributed by atoms with E-state index in [9.17, 15) is 4.79 Å². The molecule has 2 aliphatic rings. The van der Waals surface area contributed by atoms with E-state index in [1.807, 2.05) is 43.9 Å². The van der Waals surface area contributed by atoms with E-state index >= 15 is 0 Å². The van der Waals surface area contributed by atoms with Gasteiger partial charge in [0.15, 0.2) is 0 Å². The highest BCUT2D eigenvalue weighted by Crippen LogP contribution is 2.50. The summed E-state index contributed by atoms with van der Waals surface area (Å²) >= 11 is 3.49. The molecule has 24 heavy (non-hydrogen) atoms. The number of hydrogen-bond acceptors (Lipinski definition) is 3. The number of aromatic nitrogens is 2. The number of imidazole rings is 1. The average Bonchev–Trinajstić information content (AvgIpc) is 3.17. The van der Waals surface area contributed by atoms with Crippen LogP contribution in [0.25, 0.3) is 11.0 Å². The highest BCUT2D eigenvalue weighted by molar-refractivity contribution is 9.10. The number of fused-ring (bicyclic) bond motifs is 3. The Morgan fingerprint density at radius 1 is 1.38 bits per heavy atom. The van der Waals surface area contributed by atoms with Crippen molar-refractivity contribution in [3.63, 3.8) is 0 Å². The number of carbonyl (C=O) groups is 1. The Balaban J connectivity index is 1.69. The Hall–Kier alpha value is -1.56. The van der Waals surface area contributed by atoms with Crippen molar-refractivity contribution in [1.82, 2.24) is 14.9 Å². The minimum Gasteiger partial charge on any atom is -0.444 e. The topological polar surface area (TPSA) is 58.2 Å². The van der Waals surface area contributed by atoms with Gasteiger partial charge in [-0.1, -0.05) is 15.9 Å². The minimum absolute atomic E-state index is 0.00947. The van der Waals surface area contributed by atoms with Crippen LogP contribution in [0, 0.1) is 5.92 Å². The number of amides is 1. The summed E-state index contributed by atoms with van der Waals surface area (Å²) in [5.41, 5.74) is 1.44. The van der Waals surface area contributed by atoms with Gasteiger partial charge in [0.05, 0.1) is 17.1 Å². The SMILES string of the molecule is CC(C)(C)OC(=O)N1C(c2nc3ccc(Br)cc3[nH]2)[C@@H]2CC[C@H]1C2. The molecular weight excluding hydrogens is 370 g/mol. The number of H-pyrrole nitrogens is 1. The van der Waals surface area contributed by atoms with Gasteiger partial charge in [-0.25, -0.2) is 9.78 Å². The number of nitrogens with one attached hydrogen (secondary N) is 1. The monoisotopic (exact) mass is 391 g/mol. The normalized spacial score (nSPS) is 26.3. The lowest BCUT2D eigenvalue weighted by molar-refractivity contribution is 0.00623. The number of ether oxygens (including phenoxy) is 1. The van der Waals surface area contributed by atoms with Crippen molar-refractivity contribution in [3.05, 3.63) is 28.5 Å². The number of halogens is 1. The molecule has 5 nitrogen and oxygen atoms in total. The van der Waals surface area contributed by atoms with Crippen molar-refractivity contribution < 1.29 is 9.53 Å². The van der Waals surface area contributed by atoms with Crippen molar-refractivity contribution in [3.8, 4) is 0 Å². The lowest BCUT2D eigenvalue weighted by atomic mass is 9.98. The Morgan fingerprint density at radius 2 is 2.17 bits per heavy atom. The van der Waals surface area contributed by atoms with E-state index in [1.54, 1.807) is 0 Å². The molecule has 1 unspecified atom stereocenters. The van der Waals surface area contributed by atoms with E-state index in [4.69, 9.17) is 9.72 Å². The summed E-state index contributed by atoms with van der Waals surface area (Å²) in [4.78, 5) is 22.9. The molecule has 1 aliphatic carbocycles. The number of likely N-dealkylation sites (tertiary alicyclic amines) is 1. The van der Waals surface area contributed by atoms with Crippen LogP contribution in [0.5, 0.6) is 0 Å². The molecule has 1 N–H and O–H groups in total. The summed E-state index contributed by atoms with van der Waals surface area (Å²) < 4.78 is 6.67. The standard InChI is InChI=1S/C18H22BrN3O2/c1-18(2,3)24-17(23)22-12-6-4-10(8-12)15(22)16-20-13-7-5-11(19)9-14(13)21-16/h5,7,9-10,12,15H,4,6,8H2,1-3H3,(H,20,21)/t10-,12+,15?/m1/s1. The van der Waals surface area contributed by atoms with Gasteiger partial charge in [0.25, 0.3) is 0 Å². The fourth-order valence-electron chi connectivity index (χ4n) is 4.06. The summed E-state index contributed by atoms with van der Waals surface area (Å²) in [6, 6.07) is 6.26. The molecule has 1 aliphatic heterocycles. The molecule has 2 fully saturated rings. The Bertz CT molecular complexity index is 795. The molecule has 6 heteroatoms. The molecule has 1 amide bonds. The molecule has 0 spiro atoms. The third kappa shape index (κ3) is 2.70. The molecule has 128 valence electrons. The van der Waals surface area contributed by atoms with Crippen LogP contribution >= 0.6 is 15.9 Å². The van der Waals surface area contributed by atoms with Crippen LogP contribution in [-0.2, 0) is 4.74 Å². The third-order valence-corrected chi connectivity index (χ3v) is 5.43. The maximum atomic E-state index is 12.8. The predicted octanol–water partition coefficient (Wildman–Crippen LogP) is 4.79. The second-order valence-corrected chi connectivity index (χ2v) is 8.76. The number of carbonyl (C=O) groups excluding carboxylic acids is 1. The summed E-state index contributed by atoms with van der Waals surface area (Å²) in [5.74, 6) is 1.34. The van der Waals surface area contributed by atoms with E-state index in [0.717, 1.165) is 40.6 Å². The number of hydrogen-bond donors (Lipinski definition) is 1. The summed E-state index contributed by atoms with van der Waals surface area (Å²) in [5, 5.41) is 0. The van der Waals surface area contributed by atoms with Gasteiger partial charge >= 0.3 is 6.09 Å². The molecule has 1 aromatic heterocycles.